The van der Waals surface area contributed by atoms with Crippen LogP contribution < -0.4 is 5.32 Å². The molecule has 0 aromatic heterocycles. The molecule has 0 aromatic carbocycles. The number of alkyl carbamates (subject to hydrolysis) is 1. The van der Waals surface area contributed by atoms with Crippen molar-refractivity contribution < 1.29 is 17.9 Å². The third-order valence-corrected chi connectivity index (χ3v) is 4.05. The molecule has 1 saturated heterocycles. The summed E-state index contributed by atoms with van der Waals surface area (Å²) in [6.07, 6.45) is 1.78. The number of rotatable bonds is 4. The molecule has 1 atom stereocenters. The van der Waals surface area contributed by atoms with E-state index in [9.17, 15) is 13.2 Å². The van der Waals surface area contributed by atoms with Gasteiger partial charge in [0.15, 0.2) is 9.84 Å². The number of amides is 1. The zero-order valence-corrected chi connectivity index (χ0v) is 9.68. The fourth-order valence-corrected chi connectivity index (χ4v) is 3.10. The minimum atomic E-state index is -2.94. The van der Waals surface area contributed by atoms with Crippen LogP contribution in [0.1, 0.15) is 26.2 Å². The minimum absolute atomic E-state index is 0.0376. The molecular weight excluding hydrogens is 218 g/mol. The predicted molar refractivity (Wildman–Crippen MR) is 56.5 cm³/mol. The maximum absolute atomic E-state index is 11.2. The van der Waals surface area contributed by atoms with Gasteiger partial charge in [0.1, 0.15) is 0 Å². The Morgan fingerprint density at radius 3 is 2.80 bits per heavy atom. The first kappa shape index (κ1) is 12.3. The van der Waals surface area contributed by atoms with Gasteiger partial charge in [-0.2, -0.15) is 0 Å². The number of carbonyl (C=O) groups is 1. The Kier molecular flexibility index (Phi) is 4.38. The molecule has 1 amide bonds. The Morgan fingerprint density at radius 2 is 2.27 bits per heavy atom. The predicted octanol–water partition coefficient (Wildman–Crippen LogP) is 0.700. The Balaban J connectivity index is 2.22. The average Bonchev–Trinajstić information content (AvgIpc) is 2.46. The van der Waals surface area contributed by atoms with Crippen LogP contribution in [-0.4, -0.2) is 38.7 Å². The molecule has 0 spiro atoms. The zero-order chi connectivity index (χ0) is 11.3. The number of carbonyl (C=O) groups excluding carboxylic acids is 1. The van der Waals surface area contributed by atoms with Gasteiger partial charge in [0.2, 0.25) is 0 Å². The van der Waals surface area contributed by atoms with Gasteiger partial charge in [-0.25, -0.2) is 13.2 Å². The third kappa shape index (κ3) is 4.51. The summed E-state index contributed by atoms with van der Waals surface area (Å²) in [5.41, 5.74) is 0. The lowest BCUT2D eigenvalue weighted by Crippen LogP contribution is -2.36. The molecule has 0 aromatic rings. The summed E-state index contributed by atoms with van der Waals surface area (Å²) < 4.78 is 27.0. The second-order valence-corrected chi connectivity index (χ2v) is 5.96. The van der Waals surface area contributed by atoms with Crippen LogP contribution in [0.15, 0.2) is 0 Å². The summed E-state index contributed by atoms with van der Waals surface area (Å²) in [5.74, 6) is 0.197. The Hall–Kier alpha value is -0.780. The van der Waals surface area contributed by atoms with Crippen molar-refractivity contribution in [2.24, 2.45) is 0 Å². The molecule has 6 heteroatoms. The van der Waals surface area contributed by atoms with Crippen LogP contribution in [0.25, 0.3) is 0 Å². The van der Waals surface area contributed by atoms with E-state index in [1.54, 1.807) is 0 Å². The molecule has 0 radical (unpaired) electrons. The van der Waals surface area contributed by atoms with E-state index in [1.807, 2.05) is 6.92 Å². The van der Waals surface area contributed by atoms with E-state index in [1.165, 1.54) is 0 Å². The molecule has 1 rings (SSSR count). The topological polar surface area (TPSA) is 72.5 Å². The van der Waals surface area contributed by atoms with Crippen molar-refractivity contribution in [3.63, 3.8) is 0 Å². The Labute approximate surface area is 90.1 Å². The normalized spacial score (nSPS) is 23.7. The van der Waals surface area contributed by atoms with Gasteiger partial charge in [0.25, 0.3) is 0 Å². The number of hydrogen-bond acceptors (Lipinski definition) is 4. The van der Waals surface area contributed by atoms with Gasteiger partial charge in [0, 0.05) is 6.04 Å². The van der Waals surface area contributed by atoms with Gasteiger partial charge in [-0.15, -0.1) is 0 Å². The third-order valence-electron chi connectivity index (χ3n) is 2.29. The number of sulfone groups is 1. The molecule has 0 saturated carbocycles. The van der Waals surface area contributed by atoms with Gasteiger partial charge in [-0.1, -0.05) is 13.3 Å². The minimum Gasteiger partial charge on any atom is -0.450 e. The van der Waals surface area contributed by atoms with Crippen LogP contribution in [0.2, 0.25) is 0 Å². The first-order valence-electron chi connectivity index (χ1n) is 5.17. The van der Waals surface area contributed by atoms with Crippen molar-refractivity contribution in [3.05, 3.63) is 0 Å². The van der Waals surface area contributed by atoms with Crippen molar-refractivity contribution in [1.82, 2.24) is 5.32 Å². The summed E-state index contributed by atoms with van der Waals surface area (Å²) in [4.78, 5) is 11.2. The summed E-state index contributed by atoms with van der Waals surface area (Å²) in [6, 6.07) is -0.274. The van der Waals surface area contributed by atoms with Gasteiger partial charge >= 0.3 is 6.09 Å². The van der Waals surface area contributed by atoms with Crippen molar-refractivity contribution in [2.75, 3.05) is 18.1 Å². The lowest BCUT2D eigenvalue weighted by atomic mass is 10.3. The standard InChI is InChI=1S/C9H17NO4S/c1-2-3-5-14-9(11)10-8-4-6-15(12,13)7-8/h8H,2-7H2,1H3,(H,10,11)/t8-/m1/s1. The number of nitrogens with one attached hydrogen (secondary N) is 1. The largest absolute Gasteiger partial charge is 0.450 e. The maximum Gasteiger partial charge on any atom is 0.407 e. The molecule has 1 aliphatic heterocycles. The molecule has 1 heterocycles. The second kappa shape index (κ2) is 5.34. The van der Waals surface area contributed by atoms with Gasteiger partial charge in [-0.05, 0) is 12.8 Å². The molecule has 0 aliphatic carbocycles. The average molecular weight is 235 g/mol. The van der Waals surface area contributed by atoms with E-state index in [0.29, 0.717) is 13.0 Å². The number of unbranched alkanes of at least 4 members (excludes halogenated alkanes) is 1. The van der Waals surface area contributed by atoms with Gasteiger partial charge in [-0.3, -0.25) is 0 Å². The van der Waals surface area contributed by atoms with Gasteiger partial charge in [0.05, 0.1) is 18.1 Å². The number of hydrogen-bond donors (Lipinski definition) is 1. The molecule has 5 nitrogen and oxygen atoms in total. The Bertz CT molecular complexity index is 312. The van der Waals surface area contributed by atoms with Crippen LogP contribution in [0.5, 0.6) is 0 Å². The highest BCUT2D eigenvalue weighted by Gasteiger charge is 2.29. The fourth-order valence-electron chi connectivity index (χ4n) is 1.43. The van der Waals surface area contributed by atoms with Crippen LogP contribution in [0.3, 0.4) is 0 Å². The SMILES string of the molecule is CCCCOC(=O)N[C@@H]1CCS(=O)(=O)C1. The fraction of sp³-hybridized carbons (Fsp3) is 0.889. The van der Waals surface area contributed by atoms with E-state index in [2.05, 4.69) is 5.32 Å². The zero-order valence-electron chi connectivity index (χ0n) is 8.86. The lowest BCUT2D eigenvalue weighted by molar-refractivity contribution is 0.141. The highest BCUT2D eigenvalue weighted by Crippen LogP contribution is 2.11. The van der Waals surface area contributed by atoms with E-state index < -0.39 is 15.9 Å². The van der Waals surface area contributed by atoms with E-state index in [4.69, 9.17) is 4.74 Å². The molecule has 1 N–H and O–H groups in total. The van der Waals surface area contributed by atoms with E-state index in [-0.39, 0.29) is 17.5 Å². The Morgan fingerprint density at radius 1 is 1.53 bits per heavy atom. The molecule has 0 bridgehead atoms. The first-order chi connectivity index (χ1) is 7.03. The van der Waals surface area contributed by atoms with Crippen molar-refractivity contribution >= 4 is 15.9 Å². The van der Waals surface area contributed by atoms with Crippen LogP contribution in [0, 0.1) is 0 Å². The summed E-state index contributed by atoms with van der Waals surface area (Å²) in [6.45, 7) is 2.40. The molecule has 1 aliphatic rings. The van der Waals surface area contributed by atoms with Crippen molar-refractivity contribution in [2.45, 2.75) is 32.2 Å². The molecule has 1 fully saturated rings. The number of ether oxygens (including phenoxy) is 1. The molecule has 0 unspecified atom stereocenters. The second-order valence-electron chi connectivity index (χ2n) is 3.73. The van der Waals surface area contributed by atoms with E-state index in [0.717, 1.165) is 12.8 Å². The maximum atomic E-state index is 11.2. The van der Waals surface area contributed by atoms with Crippen molar-refractivity contribution in [1.29, 1.82) is 0 Å². The van der Waals surface area contributed by atoms with Crippen LogP contribution >= 0.6 is 0 Å². The highest BCUT2D eigenvalue weighted by molar-refractivity contribution is 7.91. The van der Waals surface area contributed by atoms with E-state index >= 15 is 0 Å². The highest BCUT2D eigenvalue weighted by atomic mass is 32.2. The summed E-state index contributed by atoms with van der Waals surface area (Å²) in [7, 11) is -2.94. The first-order valence-corrected chi connectivity index (χ1v) is 6.99. The van der Waals surface area contributed by atoms with Crippen LogP contribution in [-0.2, 0) is 14.6 Å². The van der Waals surface area contributed by atoms with Gasteiger partial charge < -0.3 is 10.1 Å². The smallest absolute Gasteiger partial charge is 0.407 e. The van der Waals surface area contributed by atoms with Crippen LogP contribution in [0.4, 0.5) is 4.79 Å². The summed E-state index contributed by atoms with van der Waals surface area (Å²) in [5, 5.41) is 2.55. The summed E-state index contributed by atoms with van der Waals surface area (Å²) >= 11 is 0. The van der Waals surface area contributed by atoms with Crippen molar-refractivity contribution in [3.8, 4) is 0 Å². The monoisotopic (exact) mass is 235 g/mol. The molecule has 88 valence electrons. The lowest BCUT2D eigenvalue weighted by Gasteiger charge is -2.10. The molecular formula is C9H17NO4S. The molecule has 15 heavy (non-hydrogen) atoms. The quantitative estimate of drug-likeness (QED) is 0.728.